The number of carbonyl (C=O) groups excluding carboxylic acids is 4. The number of carbonyl (C=O) groups is 4. The summed E-state index contributed by atoms with van der Waals surface area (Å²) in [7, 11) is 3.99. The van der Waals surface area contributed by atoms with Crippen LogP contribution in [0.25, 0.3) is 0 Å². The third-order valence-corrected chi connectivity index (χ3v) is 6.44. The lowest BCUT2D eigenvalue weighted by Gasteiger charge is -2.31. The van der Waals surface area contributed by atoms with Gasteiger partial charge < -0.3 is 30.2 Å². The number of amides is 2. The van der Waals surface area contributed by atoms with Crippen LogP contribution in [-0.4, -0.2) is 64.8 Å². The van der Waals surface area contributed by atoms with E-state index in [0.29, 0.717) is 22.0 Å². The van der Waals surface area contributed by atoms with E-state index in [1.165, 1.54) is 21.3 Å². The molecule has 0 fully saturated rings. The van der Waals surface area contributed by atoms with Crippen molar-refractivity contribution in [3.63, 3.8) is 0 Å². The first-order valence-corrected chi connectivity index (χ1v) is 12.4. The van der Waals surface area contributed by atoms with Crippen LogP contribution >= 0.6 is 11.6 Å². The van der Waals surface area contributed by atoms with Crippen molar-refractivity contribution in [2.24, 2.45) is 0 Å². The average Bonchev–Trinajstić information content (AvgIpc) is 2.95. The lowest BCUT2D eigenvalue weighted by molar-refractivity contribution is -0.137. The van der Waals surface area contributed by atoms with Crippen LogP contribution < -0.4 is 16.0 Å². The molecule has 2 aromatic rings. The van der Waals surface area contributed by atoms with Crippen molar-refractivity contribution in [2.45, 2.75) is 12.8 Å². The van der Waals surface area contributed by atoms with Gasteiger partial charge in [-0.3, -0.25) is 9.59 Å². The Bertz CT molecular complexity index is 1340. The smallest absolute Gasteiger partial charge is 0.336 e. The molecule has 0 saturated carbocycles. The molecular weight excluding hydrogens is 526 g/mol. The predicted molar refractivity (Wildman–Crippen MR) is 144 cm³/mol. The van der Waals surface area contributed by atoms with Crippen LogP contribution in [0, 0.1) is 0 Å². The summed E-state index contributed by atoms with van der Waals surface area (Å²) < 4.78 is 15.8. The summed E-state index contributed by atoms with van der Waals surface area (Å²) in [5.74, 6) is -2.95. The Morgan fingerprint density at radius 1 is 0.897 bits per heavy atom. The van der Waals surface area contributed by atoms with E-state index < -0.39 is 23.8 Å². The highest BCUT2D eigenvalue weighted by Gasteiger charge is 2.39. The molecule has 11 heteroatoms. The molecule has 0 radical (unpaired) electrons. The maximum Gasteiger partial charge on any atom is 0.336 e. The molecule has 2 amide bonds. The zero-order valence-corrected chi connectivity index (χ0v) is 22.8. The lowest BCUT2D eigenvalue weighted by atomic mass is 9.80. The first-order valence-electron chi connectivity index (χ1n) is 12.0. The molecule has 0 unspecified atom stereocenters. The third kappa shape index (κ3) is 6.65. The van der Waals surface area contributed by atoms with E-state index in [-0.39, 0.29) is 47.9 Å². The molecule has 3 rings (SSSR count). The zero-order valence-electron chi connectivity index (χ0n) is 22.1. The Labute approximate surface area is 231 Å². The number of methoxy groups -OCH3 is 2. The number of dihydropyridines is 1. The number of benzene rings is 2. The monoisotopic (exact) mass is 555 g/mol. The zero-order chi connectivity index (χ0) is 28.5. The van der Waals surface area contributed by atoms with Crippen molar-refractivity contribution in [3.05, 3.63) is 92.8 Å². The summed E-state index contributed by atoms with van der Waals surface area (Å²) in [6.45, 7) is 1.87. The van der Waals surface area contributed by atoms with Crippen LogP contribution in [0.4, 0.5) is 0 Å². The van der Waals surface area contributed by atoms with Gasteiger partial charge in [-0.15, -0.1) is 0 Å². The van der Waals surface area contributed by atoms with Crippen LogP contribution in [0.2, 0.25) is 5.02 Å². The molecule has 1 aliphatic rings. The van der Waals surface area contributed by atoms with Crippen LogP contribution in [0.3, 0.4) is 0 Å². The minimum absolute atomic E-state index is 0.0537. The molecule has 1 atom stereocenters. The molecule has 3 N–H and O–H groups in total. The summed E-state index contributed by atoms with van der Waals surface area (Å²) in [6, 6.07) is 13.4. The van der Waals surface area contributed by atoms with E-state index in [4.69, 9.17) is 25.8 Å². The van der Waals surface area contributed by atoms with E-state index in [0.717, 1.165) is 0 Å². The van der Waals surface area contributed by atoms with Gasteiger partial charge in [0.25, 0.3) is 11.8 Å². The predicted octanol–water partition coefficient (Wildman–Crippen LogP) is 2.71. The summed E-state index contributed by atoms with van der Waals surface area (Å²) in [6.07, 6.45) is 0. The number of hydrogen-bond acceptors (Lipinski definition) is 8. The van der Waals surface area contributed by atoms with Gasteiger partial charge in [0, 0.05) is 24.3 Å². The van der Waals surface area contributed by atoms with Crippen LogP contribution in [-0.2, 0) is 23.8 Å². The molecule has 39 heavy (non-hydrogen) atoms. The molecule has 1 heterocycles. The van der Waals surface area contributed by atoms with Crippen molar-refractivity contribution < 1.29 is 33.4 Å². The number of rotatable bonds is 10. The van der Waals surface area contributed by atoms with Gasteiger partial charge in [0.15, 0.2) is 0 Å². The van der Waals surface area contributed by atoms with Crippen LogP contribution in [0.15, 0.2) is 71.1 Å². The first kappa shape index (κ1) is 29.4. The van der Waals surface area contributed by atoms with Crippen molar-refractivity contribution in [1.82, 2.24) is 16.0 Å². The van der Waals surface area contributed by atoms with E-state index >= 15 is 0 Å². The van der Waals surface area contributed by atoms with E-state index in [1.807, 2.05) is 0 Å². The number of halogens is 1. The van der Waals surface area contributed by atoms with E-state index in [2.05, 4.69) is 16.0 Å². The molecule has 0 saturated heterocycles. The number of nitrogens with one attached hydrogen (secondary N) is 3. The number of ether oxygens (including phenoxy) is 3. The van der Waals surface area contributed by atoms with Gasteiger partial charge in [0.1, 0.15) is 0 Å². The second kappa shape index (κ2) is 13.6. The van der Waals surface area contributed by atoms with E-state index in [9.17, 15) is 19.2 Å². The van der Waals surface area contributed by atoms with Crippen LogP contribution in [0.5, 0.6) is 0 Å². The molecule has 0 aliphatic carbocycles. The van der Waals surface area contributed by atoms with Crippen molar-refractivity contribution in [1.29, 1.82) is 0 Å². The minimum Gasteiger partial charge on any atom is -0.466 e. The maximum atomic E-state index is 13.0. The Balaban J connectivity index is 1.80. The number of esters is 2. The standard InChI is InChI=1S/C28H30ClN3O7/c1-16-22(27(35)37-3)23(19-11-7-8-12-20(19)29)24(28(36)38-4)21(32-16)15-39-14-13-31-26(34)18-10-6-5-9-17(18)25(33)30-2/h5-12,23,32H,13-15H2,1-4H3,(H,30,33)(H,31,34)/t23-/m0/s1. The van der Waals surface area contributed by atoms with Gasteiger partial charge in [0.2, 0.25) is 0 Å². The van der Waals surface area contributed by atoms with Gasteiger partial charge in [0.05, 0.1) is 61.3 Å². The fourth-order valence-corrected chi connectivity index (χ4v) is 4.53. The largest absolute Gasteiger partial charge is 0.466 e. The molecular formula is C28H30ClN3O7. The van der Waals surface area contributed by atoms with Gasteiger partial charge >= 0.3 is 11.9 Å². The number of allylic oxidation sites excluding steroid dienone is 1. The highest BCUT2D eigenvalue weighted by atomic mass is 35.5. The fourth-order valence-electron chi connectivity index (χ4n) is 4.28. The fraction of sp³-hybridized carbons (Fsp3) is 0.286. The summed E-state index contributed by atoms with van der Waals surface area (Å²) in [4.78, 5) is 50.5. The van der Waals surface area contributed by atoms with Crippen molar-refractivity contribution >= 4 is 35.4 Å². The molecule has 1 aliphatic heterocycles. The Hall–Kier alpha value is -4.15. The summed E-state index contributed by atoms with van der Waals surface area (Å²) >= 11 is 6.48. The minimum atomic E-state index is -0.862. The Morgan fingerprint density at radius 2 is 1.49 bits per heavy atom. The quantitative estimate of drug-likeness (QED) is 0.301. The third-order valence-electron chi connectivity index (χ3n) is 6.09. The Kier molecular flexibility index (Phi) is 10.2. The lowest BCUT2D eigenvalue weighted by Crippen LogP contribution is -2.35. The van der Waals surface area contributed by atoms with Crippen molar-refractivity contribution in [3.8, 4) is 0 Å². The second-order valence-electron chi connectivity index (χ2n) is 8.43. The van der Waals surface area contributed by atoms with Gasteiger partial charge in [-0.2, -0.15) is 0 Å². The van der Waals surface area contributed by atoms with Crippen LogP contribution in [0.1, 0.15) is 39.1 Å². The molecule has 0 spiro atoms. The summed E-state index contributed by atoms with van der Waals surface area (Å²) in [5.41, 5.74) is 2.25. The first-order chi connectivity index (χ1) is 18.7. The normalized spacial score (nSPS) is 14.8. The number of hydrogen-bond donors (Lipinski definition) is 3. The second-order valence-corrected chi connectivity index (χ2v) is 8.83. The van der Waals surface area contributed by atoms with Gasteiger partial charge in [-0.05, 0) is 30.7 Å². The summed E-state index contributed by atoms with van der Waals surface area (Å²) in [5, 5.41) is 8.67. The Morgan fingerprint density at radius 3 is 2.10 bits per heavy atom. The highest BCUT2D eigenvalue weighted by Crippen LogP contribution is 2.41. The molecule has 0 aromatic heterocycles. The molecule has 0 bridgehead atoms. The maximum absolute atomic E-state index is 13.0. The SMILES string of the molecule is CNC(=O)c1ccccc1C(=O)NCCOCC1=C(C(=O)OC)[C@@H](c2ccccc2Cl)C(C(=O)OC)=C(C)N1. The molecule has 10 nitrogen and oxygen atoms in total. The topological polar surface area (TPSA) is 132 Å². The average molecular weight is 556 g/mol. The van der Waals surface area contributed by atoms with Crippen molar-refractivity contribution in [2.75, 3.05) is 41.0 Å². The molecule has 206 valence electrons. The van der Waals surface area contributed by atoms with Gasteiger partial charge in [-0.25, -0.2) is 9.59 Å². The van der Waals surface area contributed by atoms with Gasteiger partial charge in [-0.1, -0.05) is 41.9 Å². The van der Waals surface area contributed by atoms with E-state index in [1.54, 1.807) is 55.5 Å². The highest BCUT2D eigenvalue weighted by molar-refractivity contribution is 6.31. The molecule has 2 aromatic carbocycles.